The van der Waals surface area contributed by atoms with Crippen LogP contribution in [0.5, 0.6) is 5.75 Å². The van der Waals surface area contributed by atoms with Crippen molar-refractivity contribution >= 4 is 23.2 Å². The summed E-state index contributed by atoms with van der Waals surface area (Å²) in [5, 5.41) is 4.55. The van der Waals surface area contributed by atoms with Crippen LogP contribution in [0.25, 0.3) is 0 Å². The zero-order chi connectivity index (χ0) is 15.8. The zero-order valence-electron chi connectivity index (χ0n) is 12.7. The first-order valence-electron chi connectivity index (χ1n) is 7.56. The van der Waals surface area contributed by atoms with Crippen LogP contribution in [0.3, 0.4) is 0 Å². The molecular weight excluding hydrogens is 317 g/mol. The van der Waals surface area contributed by atoms with Gasteiger partial charge in [-0.25, -0.2) is 0 Å². The fourth-order valence-corrected chi connectivity index (χ4v) is 2.43. The molecule has 22 heavy (non-hydrogen) atoms. The van der Waals surface area contributed by atoms with Crippen molar-refractivity contribution in [1.82, 2.24) is 5.32 Å². The monoisotopic (exact) mass is 337 g/mol. The van der Waals surface area contributed by atoms with Crippen LogP contribution in [-0.4, -0.2) is 6.54 Å². The third-order valence-corrected chi connectivity index (χ3v) is 4.11. The Kier molecular flexibility index (Phi) is 7.04. The number of ether oxygens (including phenoxy) is 1. The number of unbranched alkanes of at least 4 members (excludes halogenated alkanes) is 1. The second kappa shape index (κ2) is 9.04. The van der Waals surface area contributed by atoms with Gasteiger partial charge < -0.3 is 10.1 Å². The normalized spacial score (nSPS) is 10.7. The van der Waals surface area contributed by atoms with Crippen molar-refractivity contribution in [2.45, 2.75) is 32.9 Å². The van der Waals surface area contributed by atoms with Gasteiger partial charge in [0.25, 0.3) is 0 Å². The van der Waals surface area contributed by atoms with Gasteiger partial charge >= 0.3 is 0 Å². The largest absolute Gasteiger partial charge is 0.489 e. The van der Waals surface area contributed by atoms with Crippen molar-refractivity contribution < 1.29 is 4.74 Å². The molecule has 0 aliphatic rings. The van der Waals surface area contributed by atoms with Crippen LogP contribution in [0.2, 0.25) is 10.0 Å². The Labute approximate surface area is 142 Å². The van der Waals surface area contributed by atoms with Crippen molar-refractivity contribution in [1.29, 1.82) is 0 Å². The second-order valence-electron chi connectivity index (χ2n) is 5.18. The van der Waals surface area contributed by atoms with Crippen LogP contribution in [-0.2, 0) is 13.2 Å². The number of hydrogen-bond acceptors (Lipinski definition) is 2. The summed E-state index contributed by atoms with van der Waals surface area (Å²) in [6.07, 6.45) is 2.38. The molecule has 2 rings (SSSR count). The van der Waals surface area contributed by atoms with Gasteiger partial charge in [-0.1, -0.05) is 60.8 Å². The second-order valence-corrected chi connectivity index (χ2v) is 5.99. The van der Waals surface area contributed by atoms with Gasteiger partial charge in [0, 0.05) is 12.1 Å². The minimum absolute atomic E-state index is 0.475. The van der Waals surface area contributed by atoms with Crippen LogP contribution >= 0.6 is 23.2 Å². The van der Waals surface area contributed by atoms with E-state index in [0.717, 1.165) is 24.4 Å². The maximum atomic E-state index is 6.03. The number of hydrogen-bond donors (Lipinski definition) is 1. The van der Waals surface area contributed by atoms with Crippen LogP contribution < -0.4 is 10.1 Å². The van der Waals surface area contributed by atoms with Gasteiger partial charge in [0.05, 0.1) is 10.0 Å². The maximum absolute atomic E-state index is 6.03. The topological polar surface area (TPSA) is 21.3 Å². The summed E-state index contributed by atoms with van der Waals surface area (Å²) in [7, 11) is 0. The van der Waals surface area contributed by atoms with Gasteiger partial charge in [-0.2, -0.15) is 0 Å². The lowest BCUT2D eigenvalue weighted by Gasteiger charge is -2.12. The molecule has 0 heterocycles. The minimum atomic E-state index is 0.475. The maximum Gasteiger partial charge on any atom is 0.124 e. The molecule has 0 fully saturated rings. The predicted molar refractivity (Wildman–Crippen MR) is 93.9 cm³/mol. The Hall–Kier alpha value is -1.22. The van der Waals surface area contributed by atoms with Crippen molar-refractivity contribution in [3.63, 3.8) is 0 Å². The third-order valence-electron chi connectivity index (χ3n) is 3.37. The lowest BCUT2D eigenvalue weighted by molar-refractivity contribution is 0.302. The first kappa shape index (κ1) is 17.1. The zero-order valence-corrected chi connectivity index (χ0v) is 14.3. The van der Waals surface area contributed by atoms with Crippen molar-refractivity contribution in [2.24, 2.45) is 0 Å². The summed E-state index contributed by atoms with van der Waals surface area (Å²) >= 11 is 12.0. The molecule has 0 amide bonds. The Balaban J connectivity index is 1.95. The molecule has 0 unspecified atom stereocenters. The van der Waals surface area contributed by atoms with Gasteiger partial charge in [-0.3, -0.25) is 0 Å². The number of para-hydroxylation sites is 1. The summed E-state index contributed by atoms with van der Waals surface area (Å²) in [6.45, 7) is 4.51. The van der Waals surface area contributed by atoms with E-state index < -0.39 is 0 Å². The lowest BCUT2D eigenvalue weighted by atomic mass is 10.2. The van der Waals surface area contributed by atoms with Gasteiger partial charge in [-0.15, -0.1) is 0 Å². The van der Waals surface area contributed by atoms with E-state index >= 15 is 0 Å². The molecule has 0 saturated heterocycles. The molecule has 2 aromatic rings. The van der Waals surface area contributed by atoms with E-state index in [9.17, 15) is 0 Å². The van der Waals surface area contributed by atoms with Crippen LogP contribution in [0.1, 0.15) is 30.9 Å². The van der Waals surface area contributed by atoms with E-state index in [2.05, 4.69) is 18.3 Å². The molecule has 0 aliphatic carbocycles. The summed E-state index contributed by atoms with van der Waals surface area (Å²) in [4.78, 5) is 0. The Morgan fingerprint density at radius 1 is 1.05 bits per heavy atom. The molecule has 0 aliphatic heterocycles. The van der Waals surface area contributed by atoms with Crippen molar-refractivity contribution in [3.8, 4) is 5.75 Å². The molecule has 0 radical (unpaired) electrons. The van der Waals surface area contributed by atoms with E-state index in [1.165, 1.54) is 18.4 Å². The van der Waals surface area contributed by atoms with Crippen LogP contribution in [0.15, 0.2) is 42.5 Å². The van der Waals surface area contributed by atoms with E-state index in [-0.39, 0.29) is 0 Å². The van der Waals surface area contributed by atoms with E-state index in [0.29, 0.717) is 16.7 Å². The number of nitrogens with one attached hydrogen (secondary N) is 1. The molecule has 118 valence electrons. The Morgan fingerprint density at radius 3 is 2.64 bits per heavy atom. The fourth-order valence-electron chi connectivity index (χ4n) is 2.11. The van der Waals surface area contributed by atoms with E-state index in [1.807, 2.05) is 30.3 Å². The van der Waals surface area contributed by atoms with Crippen molar-refractivity contribution in [3.05, 3.63) is 63.6 Å². The summed E-state index contributed by atoms with van der Waals surface area (Å²) in [6, 6.07) is 13.7. The summed E-state index contributed by atoms with van der Waals surface area (Å²) in [5.41, 5.74) is 2.17. The molecule has 4 heteroatoms. The molecule has 1 N–H and O–H groups in total. The Morgan fingerprint density at radius 2 is 1.86 bits per heavy atom. The smallest absolute Gasteiger partial charge is 0.124 e. The van der Waals surface area contributed by atoms with Gasteiger partial charge in [0.15, 0.2) is 0 Å². The summed E-state index contributed by atoms with van der Waals surface area (Å²) < 4.78 is 5.93. The van der Waals surface area contributed by atoms with Crippen LogP contribution in [0.4, 0.5) is 0 Å². The Bertz CT molecular complexity index is 601. The molecule has 2 aromatic carbocycles. The quantitative estimate of drug-likeness (QED) is 0.645. The first-order valence-corrected chi connectivity index (χ1v) is 8.31. The third kappa shape index (κ3) is 5.20. The predicted octanol–water partition coefficient (Wildman–Crippen LogP) is 5.46. The highest BCUT2D eigenvalue weighted by molar-refractivity contribution is 6.42. The fraction of sp³-hybridized carbons (Fsp3) is 0.333. The number of halogens is 2. The molecular formula is C18H21Cl2NO. The number of rotatable bonds is 8. The first-order chi connectivity index (χ1) is 10.7. The highest BCUT2D eigenvalue weighted by Crippen LogP contribution is 2.24. The minimum Gasteiger partial charge on any atom is -0.489 e. The standard InChI is InChI=1S/C18H21Cl2NO/c1-2-3-10-21-12-15-6-4-5-7-18(15)22-13-14-8-9-16(19)17(20)11-14/h4-9,11,21H,2-3,10,12-13H2,1H3. The highest BCUT2D eigenvalue weighted by atomic mass is 35.5. The van der Waals surface area contributed by atoms with E-state index in [4.69, 9.17) is 27.9 Å². The van der Waals surface area contributed by atoms with Crippen molar-refractivity contribution in [2.75, 3.05) is 6.54 Å². The van der Waals surface area contributed by atoms with Crippen LogP contribution in [0, 0.1) is 0 Å². The molecule has 0 aromatic heterocycles. The van der Waals surface area contributed by atoms with Gasteiger partial charge in [0.2, 0.25) is 0 Å². The van der Waals surface area contributed by atoms with Gasteiger partial charge in [-0.05, 0) is 36.7 Å². The molecule has 2 nitrogen and oxygen atoms in total. The molecule has 0 spiro atoms. The summed E-state index contributed by atoms with van der Waals surface area (Å²) in [5.74, 6) is 0.901. The lowest BCUT2D eigenvalue weighted by Crippen LogP contribution is -2.15. The molecule has 0 atom stereocenters. The SMILES string of the molecule is CCCCNCc1ccccc1OCc1ccc(Cl)c(Cl)c1. The average Bonchev–Trinajstić information content (AvgIpc) is 2.53. The number of benzene rings is 2. The molecule has 0 bridgehead atoms. The highest BCUT2D eigenvalue weighted by Gasteiger charge is 2.04. The van der Waals surface area contributed by atoms with E-state index in [1.54, 1.807) is 6.07 Å². The van der Waals surface area contributed by atoms with Gasteiger partial charge in [0.1, 0.15) is 12.4 Å². The average molecular weight is 338 g/mol. The molecule has 0 saturated carbocycles.